The Labute approximate surface area is 382 Å². The van der Waals surface area contributed by atoms with Crippen LogP contribution in [0.1, 0.15) is 193 Å². The van der Waals surface area contributed by atoms with Crippen LogP contribution in [0.4, 0.5) is 79.0 Å². The summed E-state index contributed by atoms with van der Waals surface area (Å²) in [6.07, 6.45) is 5.57. The number of hydrogen-bond donors (Lipinski definition) is 0. The van der Waals surface area contributed by atoms with Crippen LogP contribution in [0.5, 0.6) is 0 Å². The second kappa shape index (κ2) is 29.1. The van der Waals surface area contributed by atoms with E-state index in [0.29, 0.717) is 25.7 Å². The van der Waals surface area contributed by atoms with Crippen molar-refractivity contribution < 1.29 is 88.0 Å². The lowest BCUT2D eigenvalue weighted by Gasteiger charge is -2.33. The molecular formula is C46H80F18N2+2. The predicted molar refractivity (Wildman–Crippen MR) is 224 cm³/mol. The van der Waals surface area contributed by atoms with Gasteiger partial charge >= 0.3 is 47.9 Å². The molecular weight excluding hydrogens is 922 g/mol. The Morgan fingerprint density at radius 1 is 0.212 bits per heavy atom. The first-order valence-corrected chi connectivity index (χ1v) is 24.2. The maximum absolute atomic E-state index is 13.6. The number of unbranched alkanes of at least 4 members (excludes halogenated alkanes) is 25. The van der Waals surface area contributed by atoms with Gasteiger partial charge in [-0.25, -0.2) is 0 Å². The van der Waals surface area contributed by atoms with E-state index in [0.717, 1.165) is 112 Å². The third-order valence-corrected chi connectivity index (χ3v) is 12.7. The lowest BCUT2D eigenvalue weighted by atomic mass is 9.97. The van der Waals surface area contributed by atoms with Crippen molar-refractivity contribution in [2.45, 2.75) is 241 Å². The van der Waals surface area contributed by atoms with E-state index in [-0.39, 0.29) is 12.8 Å². The Hall–Kier alpha value is -1.34. The highest BCUT2D eigenvalue weighted by atomic mass is 19.4. The molecule has 0 heterocycles. The van der Waals surface area contributed by atoms with Crippen molar-refractivity contribution in [3.8, 4) is 0 Å². The zero-order valence-corrected chi connectivity index (χ0v) is 39.7. The number of rotatable bonds is 41. The predicted octanol–water partition coefficient (Wildman–Crippen LogP) is 17.8. The zero-order valence-electron chi connectivity index (χ0n) is 39.7. The van der Waals surface area contributed by atoms with E-state index in [1.807, 2.05) is 0 Å². The van der Waals surface area contributed by atoms with E-state index in [1.54, 1.807) is 0 Å². The Bertz CT molecular complexity index is 1160. The smallest absolute Gasteiger partial charge is 0.328 e. The zero-order chi connectivity index (χ0) is 51.0. The van der Waals surface area contributed by atoms with Crippen LogP contribution in [-0.2, 0) is 0 Å². The standard InChI is InChI=1S/C46H80F18N2/c1-65(2,37-31-25-19-13-7-9-15-21-27-33-39(47,48)41(51,52)43(55,56)45(59,60)61)35-29-23-17-11-5-6-12-18-24-30-36-66(3,4)38-32-26-20-14-8-10-16-22-28-34-40(49,50)42(53,54)44(57,58)46(62,63)64/h5-38H2,1-4H3/q+2. The molecule has 20 heteroatoms. The van der Waals surface area contributed by atoms with Gasteiger partial charge in [0.2, 0.25) is 0 Å². The van der Waals surface area contributed by atoms with Gasteiger partial charge in [-0.1, -0.05) is 116 Å². The van der Waals surface area contributed by atoms with Crippen LogP contribution < -0.4 is 0 Å². The van der Waals surface area contributed by atoms with Gasteiger partial charge in [0.15, 0.2) is 0 Å². The van der Waals surface area contributed by atoms with Gasteiger partial charge in [-0.2, -0.15) is 79.0 Å². The van der Waals surface area contributed by atoms with Gasteiger partial charge in [-0.3, -0.25) is 0 Å². The van der Waals surface area contributed by atoms with Crippen LogP contribution >= 0.6 is 0 Å². The van der Waals surface area contributed by atoms with Gasteiger partial charge in [-0.15, -0.1) is 0 Å². The van der Waals surface area contributed by atoms with E-state index >= 15 is 0 Å². The van der Waals surface area contributed by atoms with E-state index in [1.165, 1.54) is 51.4 Å². The van der Waals surface area contributed by atoms with Crippen molar-refractivity contribution in [3.05, 3.63) is 0 Å². The molecule has 0 bridgehead atoms. The SMILES string of the molecule is C[N+](C)(CCCCCCCCCCCC[N+](C)(C)CCCCCCCCCCCC(F)(F)C(F)(F)C(F)(F)C(F)(F)F)CCCCCCCCCCCC(F)(F)C(F)(F)C(F)(F)C(F)(F)F. The quantitative estimate of drug-likeness (QED) is 0.0325. The highest BCUT2D eigenvalue weighted by Gasteiger charge is 2.82. The van der Waals surface area contributed by atoms with Crippen molar-refractivity contribution >= 4 is 0 Å². The van der Waals surface area contributed by atoms with Crippen LogP contribution in [-0.4, -0.2) is 111 Å². The monoisotopic (exact) mass is 1000 g/mol. The van der Waals surface area contributed by atoms with Gasteiger partial charge in [0.1, 0.15) is 0 Å². The molecule has 0 rings (SSSR count). The highest BCUT2D eigenvalue weighted by molar-refractivity contribution is 5.01. The minimum atomic E-state index is -6.82. The Morgan fingerprint density at radius 2 is 0.364 bits per heavy atom. The largest absolute Gasteiger partial charge is 0.460 e. The molecule has 66 heavy (non-hydrogen) atoms. The average molecular weight is 1000 g/mol. The molecule has 0 aromatic heterocycles. The maximum atomic E-state index is 13.6. The molecule has 0 N–H and O–H groups in total. The van der Waals surface area contributed by atoms with E-state index in [4.69, 9.17) is 0 Å². The number of nitrogens with zero attached hydrogens (tertiary/aromatic N) is 2. The number of alkyl halides is 18. The molecule has 0 aliphatic rings. The summed E-state index contributed by atoms with van der Waals surface area (Å²) in [6.45, 7) is 4.29. The third kappa shape index (κ3) is 23.1. The summed E-state index contributed by atoms with van der Waals surface area (Å²) >= 11 is 0. The second-order valence-corrected chi connectivity index (χ2v) is 19.9. The van der Waals surface area contributed by atoms with E-state index in [9.17, 15) is 79.0 Å². The summed E-state index contributed by atoms with van der Waals surface area (Å²) in [6, 6.07) is 0. The normalized spacial score (nSPS) is 14.5. The summed E-state index contributed by atoms with van der Waals surface area (Å²) in [5.74, 6) is -37.7. The molecule has 0 saturated carbocycles. The van der Waals surface area contributed by atoms with Gasteiger partial charge in [0.05, 0.1) is 54.4 Å². The Kier molecular flexibility index (Phi) is 28.5. The fourth-order valence-corrected chi connectivity index (χ4v) is 8.10. The minimum Gasteiger partial charge on any atom is -0.328 e. The summed E-state index contributed by atoms with van der Waals surface area (Å²) in [4.78, 5) is 0. The van der Waals surface area contributed by atoms with Crippen molar-refractivity contribution in [2.75, 3.05) is 54.4 Å². The van der Waals surface area contributed by atoms with Crippen LogP contribution in [0.3, 0.4) is 0 Å². The average Bonchev–Trinajstić information content (AvgIpc) is 3.18. The fraction of sp³-hybridized carbons (Fsp3) is 1.00. The molecule has 0 spiro atoms. The Balaban J connectivity index is 3.77. The Morgan fingerprint density at radius 3 is 0.530 bits per heavy atom. The second-order valence-electron chi connectivity index (χ2n) is 19.9. The van der Waals surface area contributed by atoms with Crippen LogP contribution in [0.25, 0.3) is 0 Å². The van der Waals surface area contributed by atoms with Crippen LogP contribution in [0.2, 0.25) is 0 Å². The number of halogens is 18. The summed E-state index contributed by atoms with van der Waals surface area (Å²) in [5.41, 5.74) is 0. The molecule has 0 amide bonds. The van der Waals surface area contributed by atoms with E-state index < -0.39 is 73.6 Å². The van der Waals surface area contributed by atoms with Crippen LogP contribution in [0, 0.1) is 0 Å². The molecule has 0 radical (unpaired) electrons. The van der Waals surface area contributed by atoms with Crippen molar-refractivity contribution in [2.24, 2.45) is 0 Å². The molecule has 0 aromatic carbocycles. The molecule has 2 nitrogen and oxygen atoms in total. The number of hydrogen-bond acceptors (Lipinski definition) is 0. The summed E-state index contributed by atoms with van der Waals surface area (Å²) < 4.78 is 235. The van der Waals surface area contributed by atoms with Gasteiger partial charge in [0, 0.05) is 12.8 Å². The molecule has 0 fully saturated rings. The molecule has 0 aliphatic carbocycles. The molecule has 0 aliphatic heterocycles. The first-order valence-electron chi connectivity index (χ1n) is 24.2. The number of quaternary nitrogens is 2. The lowest BCUT2D eigenvalue weighted by molar-refractivity contribution is -0.890. The molecule has 0 aromatic rings. The summed E-state index contributed by atoms with van der Waals surface area (Å²) in [7, 11) is 8.89. The highest BCUT2D eigenvalue weighted by Crippen LogP contribution is 2.55. The van der Waals surface area contributed by atoms with Gasteiger partial charge in [0.25, 0.3) is 0 Å². The fourth-order valence-electron chi connectivity index (χ4n) is 8.10. The van der Waals surface area contributed by atoms with Crippen molar-refractivity contribution in [3.63, 3.8) is 0 Å². The topological polar surface area (TPSA) is 0 Å². The van der Waals surface area contributed by atoms with Gasteiger partial charge in [-0.05, 0) is 64.2 Å². The summed E-state index contributed by atoms with van der Waals surface area (Å²) in [5, 5.41) is 0. The van der Waals surface area contributed by atoms with Crippen LogP contribution in [0.15, 0.2) is 0 Å². The minimum absolute atomic E-state index is 0.0360. The molecule has 0 unspecified atom stereocenters. The van der Waals surface area contributed by atoms with Crippen molar-refractivity contribution in [1.29, 1.82) is 0 Å². The van der Waals surface area contributed by atoms with E-state index in [2.05, 4.69) is 28.2 Å². The van der Waals surface area contributed by atoms with Gasteiger partial charge < -0.3 is 8.97 Å². The first-order chi connectivity index (χ1) is 30.1. The molecule has 398 valence electrons. The lowest BCUT2D eigenvalue weighted by Crippen LogP contribution is -2.60. The maximum Gasteiger partial charge on any atom is 0.460 e. The third-order valence-electron chi connectivity index (χ3n) is 12.7. The molecule has 0 atom stereocenters. The molecule has 0 saturated heterocycles. The first kappa shape index (κ1) is 64.7. The van der Waals surface area contributed by atoms with Crippen molar-refractivity contribution in [1.82, 2.24) is 0 Å².